The Morgan fingerprint density at radius 3 is 2.32 bits per heavy atom. The maximum absolute atomic E-state index is 10.2. The molecule has 0 aromatic heterocycles. The van der Waals surface area contributed by atoms with Crippen LogP contribution in [0.5, 0.6) is 0 Å². The van der Waals surface area contributed by atoms with Crippen LogP contribution in [-0.2, 0) is 9.47 Å². The number of aliphatic hydroxyl groups is 1. The zero-order chi connectivity index (χ0) is 14.3. The van der Waals surface area contributed by atoms with Crippen LogP contribution in [0.15, 0.2) is 0 Å². The van der Waals surface area contributed by atoms with Gasteiger partial charge in [0, 0.05) is 6.61 Å². The van der Waals surface area contributed by atoms with Crippen molar-refractivity contribution in [2.75, 3.05) is 6.61 Å². The number of aliphatic hydroxyl groups excluding tert-OH is 1. The Morgan fingerprint density at radius 1 is 1.00 bits per heavy atom. The normalized spacial score (nSPS) is 35.5. The van der Waals surface area contributed by atoms with E-state index >= 15 is 0 Å². The largest absolute Gasteiger partial charge is 0.388 e. The highest BCUT2D eigenvalue weighted by molar-refractivity contribution is 4.83. The Labute approximate surface area is 118 Å². The second-order valence-corrected chi connectivity index (χ2v) is 5.95. The van der Waals surface area contributed by atoms with Crippen molar-refractivity contribution in [3.05, 3.63) is 0 Å². The van der Waals surface area contributed by atoms with Gasteiger partial charge in [-0.25, -0.2) is 0 Å². The minimum atomic E-state index is -0.492. The molecule has 0 aliphatic carbocycles. The van der Waals surface area contributed by atoms with Crippen molar-refractivity contribution >= 4 is 0 Å². The van der Waals surface area contributed by atoms with Crippen LogP contribution >= 0.6 is 0 Å². The third-order valence-electron chi connectivity index (χ3n) is 4.47. The van der Waals surface area contributed by atoms with E-state index in [1.165, 1.54) is 25.7 Å². The topological polar surface area (TPSA) is 38.7 Å². The van der Waals surface area contributed by atoms with Gasteiger partial charge in [-0.1, -0.05) is 53.4 Å². The maximum atomic E-state index is 10.2. The van der Waals surface area contributed by atoms with Crippen LogP contribution in [0, 0.1) is 11.8 Å². The first kappa shape index (κ1) is 16.9. The van der Waals surface area contributed by atoms with Gasteiger partial charge in [0.15, 0.2) is 6.29 Å². The van der Waals surface area contributed by atoms with E-state index in [0.29, 0.717) is 12.5 Å². The van der Waals surface area contributed by atoms with Gasteiger partial charge in [-0.3, -0.25) is 0 Å². The van der Waals surface area contributed by atoms with E-state index in [4.69, 9.17) is 9.47 Å². The molecule has 2 unspecified atom stereocenters. The summed E-state index contributed by atoms with van der Waals surface area (Å²) in [5.74, 6) is 0.633. The molecule has 0 aromatic carbocycles. The molecule has 0 saturated carbocycles. The number of rotatable bonds is 8. The molecule has 0 radical (unpaired) electrons. The second-order valence-electron chi connectivity index (χ2n) is 5.95. The Balaban J connectivity index is 2.28. The average Bonchev–Trinajstić information content (AvgIpc) is 2.42. The lowest BCUT2D eigenvalue weighted by molar-refractivity contribution is -0.270. The fraction of sp³-hybridized carbons (Fsp3) is 1.00. The maximum Gasteiger partial charge on any atom is 0.183 e. The Hall–Kier alpha value is -0.120. The van der Waals surface area contributed by atoms with Gasteiger partial charge in [-0.05, 0) is 24.7 Å². The highest BCUT2D eigenvalue weighted by atomic mass is 16.7. The van der Waals surface area contributed by atoms with Gasteiger partial charge in [0.25, 0.3) is 0 Å². The number of unbranched alkanes of at least 4 members (excludes halogenated alkanes) is 4. The third-order valence-corrected chi connectivity index (χ3v) is 4.47. The van der Waals surface area contributed by atoms with Crippen molar-refractivity contribution < 1.29 is 14.6 Å². The number of hydrogen-bond donors (Lipinski definition) is 1. The van der Waals surface area contributed by atoms with Crippen LogP contribution < -0.4 is 0 Å². The minimum absolute atomic E-state index is 0.212. The fourth-order valence-corrected chi connectivity index (χ4v) is 2.79. The van der Waals surface area contributed by atoms with E-state index in [1.807, 2.05) is 0 Å². The number of ether oxygens (including phenoxy) is 2. The lowest BCUT2D eigenvalue weighted by atomic mass is 9.82. The molecule has 0 spiro atoms. The van der Waals surface area contributed by atoms with E-state index in [2.05, 4.69) is 27.7 Å². The van der Waals surface area contributed by atoms with Crippen LogP contribution in [0.2, 0.25) is 0 Å². The second kappa shape index (κ2) is 8.93. The summed E-state index contributed by atoms with van der Waals surface area (Å²) in [6.07, 6.45) is 6.38. The molecule has 1 heterocycles. The van der Waals surface area contributed by atoms with Crippen molar-refractivity contribution in [3.63, 3.8) is 0 Å². The SMILES string of the molecule is CCCCCCCO[C@@H]1OC(CC)[C@@H](C)[C@H](C)C1O. The molecule has 0 aromatic rings. The van der Waals surface area contributed by atoms with Crippen molar-refractivity contribution in [1.29, 1.82) is 0 Å². The first-order valence-corrected chi connectivity index (χ1v) is 8.06. The first-order valence-electron chi connectivity index (χ1n) is 8.06. The molecule has 1 aliphatic heterocycles. The summed E-state index contributed by atoms with van der Waals surface area (Å²) in [6, 6.07) is 0. The molecule has 1 saturated heterocycles. The molecular weight excluding hydrogens is 240 g/mol. The first-order chi connectivity index (χ1) is 9.11. The van der Waals surface area contributed by atoms with Gasteiger partial charge in [-0.2, -0.15) is 0 Å². The molecule has 3 heteroatoms. The van der Waals surface area contributed by atoms with E-state index in [1.54, 1.807) is 0 Å². The van der Waals surface area contributed by atoms with Gasteiger partial charge in [0.05, 0.1) is 6.10 Å². The van der Waals surface area contributed by atoms with Crippen molar-refractivity contribution in [3.8, 4) is 0 Å². The molecule has 19 heavy (non-hydrogen) atoms. The molecule has 1 rings (SSSR count). The van der Waals surface area contributed by atoms with Crippen molar-refractivity contribution in [2.45, 2.75) is 84.7 Å². The molecule has 114 valence electrons. The summed E-state index contributed by atoms with van der Waals surface area (Å²) in [7, 11) is 0. The van der Waals surface area contributed by atoms with Crippen LogP contribution in [-0.4, -0.2) is 30.2 Å². The van der Waals surface area contributed by atoms with Crippen LogP contribution in [0.1, 0.15) is 66.2 Å². The van der Waals surface area contributed by atoms with E-state index < -0.39 is 12.4 Å². The lowest BCUT2D eigenvalue weighted by Crippen LogP contribution is -2.50. The predicted octanol–water partition coefficient (Wildman–Crippen LogP) is 3.74. The number of hydrogen-bond acceptors (Lipinski definition) is 3. The molecule has 1 aliphatic rings. The molecular formula is C16H32O3. The molecule has 5 atom stereocenters. The predicted molar refractivity (Wildman–Crippen MR) is 78.0 cm³/mol. The fourth-order valence-electron chi connectivity index (χ4n) is 2.79. The summed E-state index contributed by atoms with van der Waals surface area (Å²) >= 11 is 0. The van der Waals surface area contributed by atoms with E-state index in [-0.39, 0.29) is 12.0 Å². The Bertz CT molecular complexity index is 230. The summed E-state index contributed by atoms with van der Waals surface area (Å²) in [4.78, 5) is 0. The van der Waals surface area contributed by atoms with Crippen LogP contribution in [0.25, 0.3) is 0 Å². The summed E-state index contributed by atoms with van der Waals surface area (Å²) in [5.41, 5.74) is 0. The van der Waals surface area contributed by atoms with E-state index in [9.17, 15) is 5.11 Å². The van der Waals surface area contributed by atoms with Crippen LogP contribution in [0.4, 0.5) is 0 Å². The summed E-state index contributed by atoms with van der Waals surface area (Å²) in [6.45, 7) is 9.30. The van der Waals surface area contributed by atoms with Gasteiger partial charge in [0.1, 0.15) is 6.10 Å². The standard InChI is InChI=1S/C16H32O3/c1-5-7-8-9-10-11-18-16-15(17)13(4)12(3)14(6-2)19-16/h12-17H,5-11H2,1-4H3/t12-,13-,14?,15?,16+/m0/s1. The van der Waals surface area contributed by atoms with E-state index in [0.717, 1.165) is 12.8 Å². The molecule has 3 nitrogen and oxygen atoms in total. The zero-order valence-corrected chi connectivity index (χ0v) is 13.1. The lowest BCUT2D eigenvalue weighted by Gasteiger charge is -2.42. The summed E-state index contributed by atoms with van der Waals surface area (Å²) < 4.78 is 11.6. The zero-order valence-electron chi connectivity index (χ0n) is 13.1. The Morgan fingerprint density at radius 2 is 1.68 bits per heavy atom. The molecule has 0 amide bonds. The quantitative estimate of drug-likeness (QED) is 0.684. The molecule has 0 bridgehead atoms. The Kier molecular flexibility index (Phi) is 7.96. The van der Waals surface area contributed by atoms with Crippen LogP contribution in [0.3, 0.4) is 0 Å². The van der Waals surface area contributed by atoms with Gasteiger partial charge in [0.2, 0.25) is 0 Å². The molecule has 1 N–H and O–H groups in total. The highest BCUT2D eigenvalue weighted by Gasteiger charge is 2.40. The smallest absolute Gasteiger partial charge is 0.183 e. The average molecular weight is 272 g/mol. The monoisotopic (exact) mass is 272 g/mol. The van der Waals surface area contributed by atoms with Gasteiger partial charge in [-0.15, -0.1) is 0 Å². The third kappa shape index (κ3) is 5.05. The van der Waals surface area contributed by atoms with Gasteiger partial charge >= 0.3 is 0 Å². The highest BCUT2D eigenvalue weighted by Crippen LogP contribution is 2.32. The summed E-state index contributed by atoms with van der Waals surface area (Å²) in [5, 5.41) is 10.2. The van der Waals surface area contributed by atoms with Crippen molar-refractivity contribution in [2.24, 2.45) is 11.8 Å². The minimum Gasteiger partial charge on any atom is -0.388 e. The van der Waals surface area contributed by atoms with Gasteiger partial charge < -0.3 is 14.6 Å². The molecule has 1 fully saturated rings. The van der Waals surface area contributed by atoms with Crippen molar-refractivity contribution in [1.82, 2.24) is 0 Å².